The Morgan fingerprint density at radius 3 is 2.65 bits per heavy atom. The summed E-state index contributed by atoms with van der Waals surface area (Å²) in [5.41, 5.74) is 2.41. The van der Waals surface area contributed by atoms with Crippen molar-refractivity contribution in [2.24, 2.45) is 0 Å². The number of carbonyl (C=O) groups is 2. The number of carboxylic acid groups (broad SMARTS) is 1. The molecule has 2 aromatic rings. The lowest BCUT2D eigenvalue weighted by Crippen LogP contribution is -2.28. The van der Waals surface area contributed by atoms with Gasteiger partial charge < -0.3 is 15.2 Å². The van der Waals surface area contributed by atoms with Crippen LogP contribution in [0, 0.1) is 13.8 Å². The number of aryl methyl sites for hydroxylation is 2. The highest BCUT2D eigenvalue weighted by molar-refractivity contribution is 5.77. The summed E-state index contributed by atoms with van der Waals surface area (Å²) in [5.74, 6) is -0.594. The van der Waals surface area contributed by atoms with Crippen LogP contribution in [0.15, 0.2) is 24.4 Å². The molecule has 23 heavy (non-hydrogen) atoms. The van der Waals surface area contributed by atoms with Crippen molar-refractivity contribution in [3.05, 3.63) is 41.2 Å². The number of nitrogens with one attached hydrogen (secondary N) is 1. The molecule has 0 aliphatic heterocycles. The summed E-state index contributed by atoms with van der Waals surface area (Å²) in [6.07, 6.45) is 1.47. The Morgan fingerprint density at radius 1 is 1.30 bits per heavy atom. The van der Waals surface area contributed by atoms with E-state index in [1.54, 1.807) is 0 Å². The van der Waals surface area contributed by atoms with Gasteiger partial charge >= 0.3 is 5.97 Å². The van der Waals surface area contributed by atoms with Gasteiger partial charge in [0, 0.05) is 0 Å². The number of carbonyl (C=O) groups excluding carboxylic acids is 1. The number of para-hydroxylation sites is 1. The van der Waals surface area contributed by atoms with E-state index in [-0.39, 0.29) is 25.6 Å². The number of aliphatic carboxylic acids is 1. The SMILES string of the molecule is Cc1cccc(C)c1OCC(=O)NCc1cn(CC(=O)O)nn1. The fourth-order valence-electron chi connectivity index (χ4n) is 2.04. The summed E-state index contributed by atoms with van der Waals surface area (Å²) in [7, 11) is 0. The number of nitrogens with zero attached hydrogens (tertiary/aromatic N) is 3. The molecule has 0 spiro atoms. The number of aromatic nitrogens is 3. The third-order valence-electron chi connectivity index (χ3n) is 3.11. The zero-order chi connectivity index (χ0) is 16.8. The molecule has 8 heteroatoms. The van der Waals surface area contributed by atoms with Crippen molar-refractivity contribution >= 4 is 11.9 Å². The van der Waals surface area contributed by atoms with E-state index < -0.39 is 5.97 Å². The van der Waals surface area contributed by atoms with Crippen molar-refractivity contribution in [3.63, 3.8) is 0 Å². The van der Waals surface area contributed by atoms with E-state index in [0.29, 0.717) is 11.4 Å². The van der Waals surface area contributed by atoms with Gasteiger partial charge in [-0.1, -0.05) is 23.4 Å². The van der Waals surface area contributed by atoms with Gasteiger partial charge in [0.2, 0.25) is 0 Å². The van der Waals surface area contributed by atoms with Crippen LogP contribution < -0.4 is 10.1 Å². The van der Waals surface area contributed by atoms with Crippen LogP contribution >= 0.6 is 0 Å². The molecule has 0 aliphatic rings. The first-order valence-corrected chi connectivity index (χ1v) is 7.02. The molecule has 1 aromatic carbocycles. The molecule has 0 aliphatic carbocycles. The van der Waals surface area contributed by atoms with Crippen molar-refractivity contribution in [1.82, 2.24) is 20.3 Å². The number of amides is 1. The van der Waals surface area contributed by atoms with Crippen LogP contribution in [0.1, 0.15) is 16.8 Å². The summed E-state index contributed by atoms with van der Waals surface area (Å²) >= 11 is 0. The number of hydrogen-bond donors (Lipinski definition) is 2. The zero-order valence-electron chi connectivity index (χ0n) is 12.9. The van der Waals surface area contributed by atoms with Gasteiger partial charge in [-0.2, -0.15) is 0 Å². The second-order valence-corrected chi connectivity index (χ2v) is 5.09. The van der Waals surface area contributed by atoms with Gasteiger partial charge in [-0.15, -0.1) is 5.10 Å². The minimum Gasteiger partial charge on any atom is -0.483 e. The molecule has 8 nitrogen and oxygen atoms in total. The summed E-state index contributed by atoms with van der Waals surface area (Å²) in [6.45, 7) is 3.63. The molecule has 1 heterocycles. The standard InChI is InChI=1S/C15H18N4O4/c1-10-4-3-5-11(2)15(10)23-9-13(20)16-6-12-7-19(18-17-12)8-14(21)22/h3-5,7H,6,8-9H2,1-2H3,(H,16,20)(H,21,22). The van der Waals surface area contributed by atoms with Crippen LogP contribution in [0.25, 0.3) is 0 Å². The average molecular weight is 318 g/mol. The molecular formula is C15H18N4O4. The Balaban J connectivity index is 1.81. The van der Waals surface area contributed by atoms with E-state index in [1.165, 1.54) is 10.9 Å². The molecule has 0 fully saturated rings. The van der Waals surface area contributed by atoms with Crippen LogP contribution in [0.4, 0.5) is 0 Å². The van der Waals surface area contributed by atoms with Crippen molar-refractivity contribution in [2.45, 2.75) is 26.9 Å². The molecule has 0 saturated heterocycles. The second-order valence-electron chi connectivity index (χ2n) is 5.09. The average Bonchev–Trinajstić information content (AvgIpc) is 2.91. The molecular weight excluding hydrogens is 300 g/mol. The number of carboxylic acids is 1. The van der Waals surface area contributed by atoms with Crippen molar-refractivity contribution in [3.8, 4) is 5.75 Å². The number of ether oxygens (including phenoxy) is 1. The first-order valence-electron chi connectivity index (χ1n) is 7.02. The number of benzene rings is 1. The lowest BCUT2D eigenvalue weighted by atomic mass is 10.1. The van der Waals surface area contributed by atoms with E-state index in [2.05, 4.69) is 15.6 Å². The molecule has 2 N–H and O–H groups in total. The Hall–Kier alpha value is -2.90. The van der Waals surface area contributed by atoms with Gasteiger partial charge in [-0.3, -0.25) is 9.59 Å². The van der Waals surface area contributed by atoms with Crippen LogP contribution in [0.2, 0.25) is 0 Å². The van der Waals surface area contributed by atoms with Gasteiger partial charge in [-0.25, -0.2) is 4.68 Å². The fourth-order valence-corrected chi connectivity index (χ4v) is 2.04. The van der Waals surface area contributed by atoms with Gasteiger partial charge in [0.15, 0.2) is 6.61 Å². The Morgan fingerprint density at radius 2 is 2.00 bits per heavy atom. The van der Waals surface area contributed by atoms with Crippen LogP contribution in [-0.4, -0.2) is 38.6 Å². The molecule has 0 bridgehead atoms. The second kappa shape index (κ2) is 7.39. The predicted molar refractivity (Wildman–Crippen MR) is 80.9 cm³/mol. The molecule has 0 unspecified atom stereocenters. The Kier molecular flexibility index (Phi) is 5.29. The van der Waals surface area contributed by atoms with E-state index in [9.17, 15) is 9.59 Å². The van der Waals surface area contributed by atoms with Crippen LogP contribution in [0.5, 0.6) is 5.75 Å². The summed E-state index contributed by atoms with van der Waals surface area (Å²) in [5, 5.41) is 18.7. The number of hydrogen-bond acceptors (Lipinski definition) is 5. The lowest BCUT2D eigenvalue weighted by Gasteiger charge is -2.11. The Bertz CT molecular complexity index is 691. The Labute approximate surface area is 133 Å². The quantitative estimate of drug-likeness (QED) is 0.777. The first kappa shape index (κ1) is 16.5. The monoisotopic (exact) mass is 318 g/mol. The largest absolute Gasteiger partial charge is 0.483 e. The molecule has 0 saturated carbocycles. The van der Waals surface area contributed by atoms with Gasteiger partial charge in [0.1, 0.15) is 18.0 Å². The van der Waals surface area contributed by atoms with E-state index in [1.807, 2.05) is 32.0 Å². The topological polar surface area (TPSA) is 106 Å². The molecule has 122 valence electrons. The molecule has 0 radical (unpaired) electrons. The highest BCUT2D eigenvalue weighted by Crippen LogP contribution is 2.21. The van der Waals surface area contributed by atoms with E-state index in [0.717, 1.165) is 11.1 Å². The minimum atomic E-state index is -1.01. The summed E-state index contributed by atoms with van der Waals surface area (Å²) in [6, 6.07) is 5.76. The summed E-state index contributed by atoms with van der Waals surface area (Å²) < 4.78 is 6.74. The van der Waals surface area contributed by atoms with Gasteiger partial charge in [0.05, 0.1) is 12.7 Å². The zero-order valence-corrected chi connectivity index (χ0v) is 12.9. The fraction of sp³-hybridized carbons (Fsp3) is 0.333. The van der Waals surface area contributed by atoms with Crippen molar-refractivity contribution < 1.29 is 19.4 Å². The van der Waals surface area contributed by atoms with E-state index >= 15 is 0 Å². The normalized spacial score (nSPS) is 10.3. The van der Waals surface area contributed by atoms with Crippen LogP contribution in [-0.2, 0) is 22.7 Å². The third-order valence-corrected chi connectivity index (χ3v) is 3.11. The van der Waals surface area contributed by atoms with E-state index in [4.69, 9.17) is 9.84 Å². The highest BCUT2D eigenvalue weighted by atomic mass is 16.5. The molecule has 0 atom stereocenters. The predicted octanol–water partition coefficient (Wildman–Crippen LogP) is 0.675. The summed E-state index contributed by atoms with van der Waals surface area (Å²) in [4.78, 5) is 22.4. The van der Waals surface area contributed by atoms with Gasteiger partial charge in [0.25, 0.3) is 5.91 Å². The maximum Gasteiger partial charge on any atom is 0.325 e. The lowest BCUT2D eigenvalue weighted by molar-refractivity contribution is -0.138. The molecule has 2 rings (SSSR count). The van der Waals surface area contributed by atoms with Crippen molar-refractivity contribution in [2.75, 3.05) is 6.61 Å². The maximum atomic E-state index is 11.8. The maximum absolute atomic E-state index is 11.8. The minimum absolute atomic E-state index is 0.102. The van der Waals surface area contributed by atoms with Crippen LogP contribution in [0.3, 0.4) is 0 Å². The molecule has 1 amide bonds. The van der Waals surface area contributed by atoms with Crippen molar-refractivity contribution in [1.29, 1.82) is 0 Å². The molecule has 1 aromatic heterocycles. The highest BCUT2D eigenvalue weighted by Gasteiger charge is 2.09. The first-order chi connectivity index (χ1) is 11.0. The number of rotatable bonds is 7. The smallest absolute Gasteiger partial charge is 0.325 e. The van der Waals surface area contributed by atoms with Gasteiger partial charge in [-0.05, 0) is 25.0 Å². The third kappa shape index (κ3) is 4.80.